The molecule has 128 valence electrons. The van der Waals surface area contributed by atoms with Crippen molar-refractivity contribution in [3.8, 4) is 5.75 Å². The minimum absolute atomic E-state index is 0.0822. The summed E-state index contributed by atoms with van der Waals surface area (Å²) >= 11 is 0. The Balaban J connectivity index is 2.03. The van der Waals surface area contributed by atoms with Gasteiger partial charge >= 0.3 is 5.97 Å². The number of carboxylic acids is 1. The van der Waals surface area contributed by atoms with Crippen LogP contribution in [0.3, 0.4) is 0 Å². The zero-order valence-corrected chi connectivity index (χ0v) is 13.8. The number of nitrogens with one attached hydrogen (secondary N) is 1. The van der Waals surface area contributed by atoms with Crippen LogP contribution in [0.4, 0.5) is 0 Å². The van der Waals surface area contributed by atoms with Crippen LogP contribution in [0, 0.1) is 0 Å². The molecular weight excluding hydrogens is 306 g/mol. The second-order valence-electron chi connectivity index (χ2n) is 5.71. The summed E-state index contributed by atoms with van der Waals surface area (Å²) in [4.78, 5) is 11.5. The molecule has 0 saturated heterocycles. The fourth-order valence-corrected chi connectivity index (χ4v) is 2.57. The molecule has 0 bridgehead atoms. The summed E-state index contributed by atoms with van der Waals surface area (Å²) in [5.74, 6) is -0.290. The van der Waals surface area contributed by atoms with Gasteiger partial charge in [0.25, 0.3) is 0 Å². The van der Waals surface area contributed by atoms with Crippen LogP contribution in [0.5, 0.6) is 5.75 Å². The van der Waals surface area contributed by atoms with Gasteiger partial charge in [0, 0.05) is 12.5 Å². The molecule has 24 heavy (non-hydrogen) atoms. The first-order valence-corrected chi connectivity index (χ1v) is 7.87. The lowest BCUT2D eigenvalue weighted by Gasteiger charge is -2.23. The monoisotopic (exact) mass is 329 g/mol. The van der Waals surface area contributed by atoms with Gasteiger partial charge in [-0.1, -0.05) is 42.5 Å². The molecule has 0 aliphatic carbocycles. The van der Waals surface area contributed by atoms with E-state index in [2.05, 4.69) is 5.32 Å². The number of benzene rings is 2. The molecule has 0 unspecified atom stereocenters. The first-order valence-electron chi connectivity index (χ1n) is 7.87. The molecule has 0 fully saturated rings. The van der Waals surface area contributed by atoms with E-state index in [-0.39, 0.29) is 12.5 Å². The Hall–Kier alpha value is -2.37. The van der Waals surface area contributed by atoms with Gasteiger partial charge in [0.05, 0.1) is 13.2 Å². The number of aliphatic hydroxyl groups is 1. The highest BCUT2D eigenvalue weighted by molar-refractivity contribution is 5.73. The van der Waals surface area contributed by atoms with Gasteiger partial charge in [-0.3, -0.25) is 10.1 Å². The summed E-state index contributed by atoms with van der Waals surface area (Å²) in [6.07, 6.45) is -0.786. The number of rotatable bonds is 8. The summed E-state index contributed by atoms with van der Waals surface area (Å²) in [7, 11) is 1.57. The number of methoxy groups -OCH3 is 1. The van der Waals surface area contributed by atoms with E-state index in [1.54, 1.807) is 31.4 Å². The maximum Gasteiger partial charge on any atom is 0.320 e. The van der Waals surface area contributed by atoms with E-state index in [1.807, 2.05) is 37.3 Å². The van der Waals surface area contributed by atoms with Crippen molar-refractivity contribution < 1.29 is 19.7 Å². The Morgan fingerprint density at radius 2 is 1.71 bits per heavy atom. The number of carboxylic acid groups (broad SMARTS) is 1. The molecule has 0 radical (unpaired) electrons. The molecule has 0 amide bonds. The van der Waals surface area contributed by atoms with Crippen molar-refractivity contribution in [3.63, 3.8) is 0 Å². The standard InChI is InChI=1S/C19H23NO4/c1-13(14-6-4-3-5-7-14)20-17(19(22)23)12-18(21)15-8-10-16(24-2)11-9-15/h3-11,13,17-18,20-21H,12H2,1-2H3,(H,22,23)/t13-,17+,18-/m1/s1. The van der Waals surface area contributed by atoms with Crippen LogP contribution in [0.1, 0.15) is 36.6 Å². The van der Waals surface area contributed by atoms with Gasteiger partial charge in [-0.05, 0) is 30.2 Å². The SMILES string of the molecule is COc1ccc([C@H](O)C[C@H](N[C@H](C)c2ccccc2)C(=O)O)cc1. The summed E-state index contributed by atoms with van der Waals surface area (Å²) in [6.45, 7) is 1.91. The van der Waals surface area contributed by atoms with Crippen molar-refractivity contribution in [1.82, 2.24) is 5.32 Å². The minimum atomic E-state index is -0.981. The van der Waals surface area contributed by atoms with Crippen molar-refractivity contribution in [3.05, 3.63) is 65.7 Å². The predicted molar refractivity (Wildman–Crippen MR) is 92.0 cm³/mol. The zero-order chi connectivity index (χ0) is 17.5. The highest BCUT2D eigenvalue weighted by atomic mass is 16.5. The van der Waals surface area contributed by atoms with Gasteiger partial charge < -0.3 is 14.9 Å². The average Bonchev–Trinajstić information content (AvgIpc) is 2.61. The Morgan fingerprint density at radius 1 is 1.08 bits per heavy atom. The number of ether oxygens (including phenoxy) is 1. The van der Waals surface area contributed by atoms with Crippen LogP contribution in [0.25, 0.3) is 0 Å². The van der Waals surface area contributed by atoms with Crippen LogP contribution in [-0.4, -0.2) is 29.3 Å². The quantitative estimate of drug-likeness (QED) is 0.694. The lowest BCUT2D eigenvalue weighted by atomic mass is 10.00. The van der Waals surface area contributed by atoms with E-state index in [4.69, 9.17) is 4.74 Å². The molecule has 5 nitrogen and oxygen atoms in total. The third kappa shape index (κ3) is 4.81. The molecule has 3 N–H and O–H groups in total. The summed E-state index contributed by atoms with van der Waals surface area (Å²) in [5.41, 5.74) is 1.67. The summed E-state index contributed by atoms with van der Waals surface area (Å²) in [5, 5.41) is 22.9. The highest BCUT2D eigenvalue weighted by Gasteiger charge is 2.24. The van der Waals surface area contributed by atoms with Gasteiger partial charge in [-0.25, -0.2) is 0 Å². The Morgan fingerprint density at radius 3 is 2.25 bits per heavy atom. The fraction of sp³-hybridized carbons (Fsp3) is 0.316. The molecule has 2 aromatic rings. The van der Waals surface area contributed by atoms with Crippen molar-refractivity contribution >= 4 is 5.97 Å². The van der Waals surface area contributed by atoms with Crippen LogP contribution in [0.2, 0.25) is 0 Å². The van der Waals surface area contributed by atoms with Gasteiger partial charge in [0.15, 0.2) is 0 Å². The molecule has 3 atom stereocenters. The molecule has 0 saturated carbocycles. The molecule has 2 rings (SSSR count). The molecule has 0 aliphatic heterocycles. The number of carbonyl (C=O) groups is 1. The van der Waals surface area contributed by atoms with Crippen LogP contribution < -0.4 is 10.1 Å². The van der Waals surface area contributed by atoms with Crippen molar-refractivity contribution in [1.29, 1.82) is 0 Å². The minimum Gasteiger partial charge on any atom is -0.497 e. The number of aliphatic hydroxyl groups excluding tert-OH is 1. The molecule has 0 aliphatic rings. The predicted octanol–water partition coefficient (Wildman–Crippen LogP) is 2.92. The Labute approximate surface area is 141 Å². The van der Waals surface area contributed by atoms with Crippen molar-refractivity contribution in [2.75, 3.05) is 7.11 Å². The summed E-state index contributed by atoms with van der Waals surface area (Å²) < 4.78 is 5.08. The number of hydrogen-bond donors (Lipinski definition) is 3. The van der Waals surface area contributed by atoms with E-state index >= 15 is 0 Å². The van der Waals surface area contributed by atoms with Crippen LogP contribution in [0.15, 0.2) is 54.6 Å². The van der Waals surface area contributed by atoms with E-state index in [1.165, 1.54) is 0 Å². The van der Waals surface area contributed by atoms with E-state index in [0.29, 0.717) is 11.3 Å². The lowest BCUT2D eigenvalue weighted by molar-refractivity contribution is -0.140. The Kier molecular flexibility index (Phi) is 6.35. The second-order valence-corrected chi connectivity index (χ2v) is 5.71. The smallest absolute Gasteiger partial charge is 0.320 e. The summed E-state index contributed by atoms with van der Waals surface area (Å²) in [6, 6.07) is 15.6. The first kappa shape index (κ1) is 18.0. The van der Waals surface area contributed by atoms with Gasteiger partial charge in [0.1, 0.15) is 11.8 Å². The number of aliphatic carboxylic acids is 1. The average molecular weight is 329 g/mol. The molecule has 0 heterocycles. The fourth-order valence-electron chi connectivity index (χ4n) is 2.57. The van der Waals surface area contributed by atoms with Crippen LogP contribution >= 0.6 is 0 Å². The van der Waals surface area contributed by atoms with Crippen molar-refractivity contribution in [2.24, 2.45) is 0 Å². The van der Waals surface area contributed by atoms with E-state index in [0.717, 1.165) is 5.56 Å². The van der Waals surface area contributed by atoms with Crippen molar-refractivity contribution in [2.45, 2.75) is 31.5 Å². The van der Waals surface area contributed by atoms with Gasteiger partial charge in [0.2, 0.25) is 0 Å². The number of hydrogen-bond acceptors (Lipinski definition) is 4. The van der Waals surface area contributed by atoms with E-state index in [9.17, 15) is 15.0 Å². The maximum absolute atomic E-state index is 11.5. The van der Waals surface area contributed by atoms with Gasteiger partial charge in [-0.2, -0.15) is 0 Å². The third-order valence-corrected chi connectivity index (χ3v) is 4.01. The largest absolute Gasteiger partial charge is 0.497 e. The lowest BCUT2D eigenvalue weighted by Crippen LogP contribution is -2.39. The maximum atomic E-state index is 11.5. The molecule has 5 heteroatoms. The molecule has 0 spiro atoms. The highest BCUT2D eigenvalue weighted by Crippen LogP contribution is 2.23. The van der Waals surface area contributed by atoms with Crippen LogP contribution in [-0.2, 0) is 4.79 Å². The zero-order valence-electron chi connectivity index (χ0n) is 13.8. The topological polar surface area (TPSA) is 78.8 Å². The Bertz CT molecular complexity index is 642. The normalized spacial score (nSPS) is 14.6. The molecular formula is C19H23NO4. The van der Waals surface area contributed by atoms with E-state index < -0.39 is 18.1 Å². The van der Waals surface area contributed by atoms with Gasteiger partial charge in [-0.15, -0.1) is 0 Å². The second kappa shape index (κ2) is 8.47. The molecule has 2 aromatic carbocycles. The third-order valence-electron chi connectivity index (χ3n) is 4.01. The molecule has 0 aromatic heterocycles. The first-order chi connectivity index (χ1) is 11.5.